The third-order valence-corrected chi connectivity index (χ3v) is 6.85. The molecular formula is C19H26N2O4S. The van der Waals surface area contributed by atoms with Crippen molar-refractivity contribution in [3.63, 3.8) is 0 Å². The number of esters is 1. The highest BCUT2D eigenvalue weighted by Crippen LogP contribution is 2.49. The van der Waals surface area contributed by atoms with Gasteiger partial charge in [0.15, 0.2) is 0 Å². The summed E-state index contributed by atoms with van der Waals surface area (Å²) >= 11 is 1.13. The van der Waals surface area contributed by atoms with Gasteiger partial charge in [0.25, 0.3) is 5.91 Å². The zero-order valence-electron chi connectivity index (χ0n) is 15.5. The third-order valence-electron chi connectivity index (χ3n) is 5.64. The molecule has 0 saturated heterocycles. The number of nitrogens with one attached hydrogen (secondary N) is 2. The van der Waals surface area contributed by atoms with E-state index in [-0.39, 0.29) is 24.0 Å². The minimum atomic E-state index is -0.508. The van der Waals surface area contributed by atoms with Crippen molar-refractivity contribution in [2.45, 2.75) is 46.0 Å². The Labute approximate surface area is 157 Å². The summed E-state index contributed by atoms with van der Waals surface area (Å²) in [4.78, 5) is 37.4. The van der Waals surface area contributed by atoms with E-state index in [0.29, 0.717) is 33.7 Å². The van der Waals surface area contributed by atoms with Crippen LogP contribution in [0.4, 0.5) is 5.00 Å². The molecule has 2 N–H and O–H groups in total. The first-order valence-electron chi connectivity index (χ1n) is 9.27. The lowest BCUT2D eigenvalue weighted by molar-refractivity contribution is -0.117. The monoisotopic (exact) mass is 378 g/mol. The van der Waals surface area contributed by atoms with Crippen molar-refractivity contribution in [1.82, 2.24) is 5.32 Å². The number of hydrogen-bond donors (Lipinski definition) is 2. The first kappa shape index (κ1) is 18.9. The highest BCUT2D eigenvalue weighted by molar-refractivity contribution is 7.18. The predicted octanol–water partition coefficient (Wildman–Crippen LogP) is 3.36. The lowest BCUT2D eigenvalue weighted by Crippen LogP contribution is -2.21. The molecule has 1 aromatic heterocycles. The third kappa shape index (κ3) is 3.63. The summed E-state index contributed by atoms with van der Waals surface area (Å²) in [5.74, 6) is 1.04. The van der Waals surface area contributed by atoms with Gasteiger partial charge in [0, 0.05) is 13.5 Å². The van der Waals surface area contributed by atoms with Crippen molar-refractivity contribution >= 4 is 34.1 Å². The van der Waals surface area contributed by atoms with Crippen LogP contribution < -0.4 is 10.6 Å². The molecule has 3 atom stereocenters. The van der Waals surface area contributed by atoms with Crippen molar-refractivity contribution < 1.29 is 19.1 Å². The number of ether oxygens (including phenoxy) is 1. The van der Waals surface area contributed by atoms with E-state index in [0.717, 1.165) is 23.7 Å². The van der Waals surface area contributed by atoms with Crippen LogP contribution in [-0.2, 0) is 9.53 Å². The molecule has 2 fully saturated rings. The average Bonchev–Trinajstić information content (AvgIpc) is 3.29. The van der Waals surface area contributed by atoms with Crippen molar-refractivity contribution in [1.29, 1.82) is 0 Å². The molecule has 1 heterocycles. The van der Waals surface area contributed by atoms with Crippen molar-refractivity contribution in [2.75, 3.05) is 19.0 Å². The van der Waals surface area contributed by atoms with Gasteiger partial charge in [-0.15, -0.1) is 11.3 Å². The van der Waals surface area contributed by atoms with Crippen LogP contribution in [0, 0.1) is 24.7 Å². The second-order valence-electron chi connectivity index (χ2n) is 7.25. The fourth-order valence-corrected chi connectivity index (χ4v) is 5.58. The molecule has 2 bridgehead atoms. The van der Waals surface area contributed by atoms with Crippen molar-refractivity contribution in [3.8, 4) is 0 Å². The Balaban J connectivity index is 1.77. The molecule has 2 aliphatic rings. The minimum Gasteiger partial charge on any atom is -0.462 e. The van der Waals surface area contributed by atoms with Gasteiger partial charge in [-0.1, -0.05) is 6.42 Å². The maximum Gasteiger partial charge on any atom is 0.341 e. The summed E-state index contributed by atoms with van der Waals surface area (Å²) in [7, 11) is 1.54. The van der Waals surface area contributed by atoms with E-state index in [1.165, 1.54) is 19.3 Å². The second kappa shape index (κ2) is 7.78. The maximum absolute atomic E-state index is 12.6. The smallest absolute Gasteiger partial charge is 0.341 e. The molecule has 2 aliphatic carbocycles. The van der Waals surface area contributed by atoms with Gasteiger partial charge >= 0.3 is 5.97 Å². The van der Waals surface area contributed by atoms with Crippen LogP contribution in [0.1, 0.15) is 64.6 Å². The molecule has 142 valence electrons. The quantitative estimate of drug-likeness (QED) is 0.744. The zero-order chi connectivity index (χ0) is 18.8. The molecule has 3 unspecified atom stereocenters. The number of carbonyl (C=O) groups excluding carboxylic acids is 3. The summed E-state index contributed by atoms with van der Waals surface area (Å²) in [5.41, 5.74) is 0.833. The van der Waals surface area contributed by atoms with E-state index in [1.54, 1.807) is 20.9 Å². The maximum atomic E-state index is 12.6. The number of rotatable bonds is 6. The average molecular weight is 378 g/mol. The molecule has 7 heteroatoms. The molecule has 2 amide bonds. The first-order chi connectivity index (χ1) is 12.4. The number of thiophene rings is 1. The Hall–Kier alpha value is -1.89. The van der Waals surface area contributed by atoms with E-state index in [9.17, 15) is 14.4 Å². The number of anilines is 1. The fourth-order valence-electron chi connectivity index (χ4n) is 4.42. The lowest BCUT2D eigenvalue weighted by atomic mass is 9.86. The first-order valence-corrected chi connectivity index (χ1v) is 10.1. The highest BCUT2D eigenvalue weighted by Gasteiger charge is 2.40. The molecule has 1 aromatic rings. The normalized spacial score (nSPS) is 23.7. The van der Waals surface area contributed by atoms with Crippen LogP contribution in [0.2, 0.25) is 0 Å². The van der Waals surface area contributed by atoms with Crippen LogP contribution >= 0.6 is 11.3 Å². The molecule has 0 spiro atoms. The summed E-state index contributed by atoms with van der Waals surface area (Å²) in [6.07, 6.45) is 5.40. The van der Waals surface area contributed by atoms with Gasteiger partial charge in [0.05, 0.1) is 17.0 Å². The molecule has 0 aromatic carbocycles. The van der Waals surface area contributed by atoms with Crippen molar-refractivity contribution in [2.24, 2.45) is 17.8 Å². The van der Waals surface area contributed by atoms with Crippen molar-refractivity contribution in [3.05, 3.63) is 16.0 Å². The zero-order valence-corrected chi connectivity index (χ0v) is 16.3. The number of hydrogen-bond acceptors (Lipinski definition) is 5. The van der Waals surface area contributed by atoms with Gasteiger partial charge in [-0.2, -0.15) is 0 Å². The van der Waals surface area contributed by atoms with E-state index < -0.39 is 5.97 Å². The Morgan fingerprint density at radius 1 is 1.23 bits per heavy atom. The standard InChI is InChI=1S/C19H26N2O4S/c1-4-25-19(24)15-10(2)16(17(23)20-3)26-18(15)21-14(22)9-13-8-11-5-6-12(13)7-11/h11-13H,4-9H2,1-3H3,(H,20,23)(H,21,22). The topological polar surface area (TPSA) is 84.5 Å². The largest absolute Gasteiger partial charge is 0.462 e. The Morgan fingerprint density at radius 3 is 2.58 bits per heavy atom. The van der Waals surface area contributed by atoms with E-state index in [4.69, 9.17) is 4.74 Å². The van der Waals surface area contributed by atoms with Crippen LogP contribution in [0.3, 0.4) is 0 Å². The van der Waals surface area contributed by atoms with Crippen LogP contribution in [0.25, 0.3) is 0 Å². The molecule has 2 saturated carbocycles. The summed E-state index contributed by atoms with van der Waals surface area (Å²) < 4.78 is 5.12. The van der Waals surface area contributed by atoms with E-state index in [2.05, 4.69) is 10.6 Å². The van der Waals surface area contributed by atoms with Gasteiger partial charge < -0.3 is 15.4 Å². The molecule has 6 nitrogen and oxygen atoms in total. The van der Waals surface area contributed by atoms with Gasteiger partial charge in [-0.05, 0) is 56.4 Å². The van der Waals surface area contributed by atoms with Crippen LogP contribution in [0.5, 0.6) is 0 Å². The molecular weight excluding hydrogens is 352 g/mol. The molecule has 3 rings (SSSR count). The Kier molecular flexibility index (Phi) is 5.65. The predicted molar refractivity (Wildman–Crippen MR) is 101 cm³/mol. The second-order valence-corrected chi connectivity index (χ2v) is 8.27. The highest BCUT2D eigenvalue weighted by atomic mass is 32.1. The summed E-state index contributed by atoms with van der Waals surface area (Å²) in [6.45, 7) is 3.67. The van der Waals surface area contributed by atoms with Gasteiger partial charge in [-0.25, -0.2) is 4.79 Å². The van der Waals surface area contributed by atoms with Crippen LogP contribution in [0.15, 0.2) is 0 Å². The van der Waals surface area contributed by atoms with E-state index >= 15 is 0 Å². The minimum absolute atomic E-state index is 0.0854. The van der Waals surface area contributed by atoms with Gasteiger partial charge in [0.2, 0.25) is 5.91 Å². The summed E-state index contributed by atoms with van der Waals surface area (Å²) in [6, 6.07) is 0. The van der Waals surface area contributed by atoms with Gasteiger partial charge in [-0.3, -0.25) is 9.59 Å². The van der Waals surface area contributed by atoms with Crippen LogP contribution in [-0.4, -0.2) is 31.4 Å². The Bertz CT molecular complexity index is 727. The van der Waals surface area contributed by atoms with Gasteiger partial charge in [0.1, 0.15) is 5.00 Å². The molecule has 26 heavy (non-hydrogen) atoms. The number of carbonyl (C=O) groups is 3. The number of fused-ring (bicyclic) bond motifs is 2. The Morgan fingerprint density at radius 2 is 2.00 bits per heavy atom. The summed E-state index contributed by atoms with van der Waals surface area (Å²) in [5, 5.41) is 5.86. The SMILES string of the molecule is CCOC(=O)c1c(NC(=O)CC2CC3CCC2C3)sc(C(=O)NC)c1C. The van der Waals surface area contributed by atoms with E-state index in [1.807, 2.05) is 0 Å². The fraction of sp³-hybridized carbons (Fsp3) is 0.632. The number of amides is 2. The molecule has 0 radical (unpaired) electrons. The lowest BCUT2D eigenvalue weighted by Gasteiger charge is -2.20. The molecule has 0 aliphatic heterocycles.